The largest absolute Gasteiger partial charge is 0.378 e. The van der Waals surface area contributed by atoms with Gasteiger partial charge in [0, 0.05) is 17.7 Å². The van der Waals surface area contributed by atoms with Crippen molar-refractivity contribution in [2.75, 3.05) is 5.32 Å². The highest BCUT2D eigenvalue weighted by Gasteiger charge is 2.19. The molecule has 1 atom stereocenters. The lowest BCUT2D eigenvalue weighted by molar-refractivity contribution is 0.0976. The highest BCUT2D eigenvalue weighted by atomic mass is 16.1. The quantitative estimate of drug-likeness (QED) is 0.445. The van der Waals surface area contributed by atoms with E-state index in [0.717, 1.165) is 23.2 Å². The molecule has 0 unspecified atom stereocenters. The van der Waals surface area contributed by atoms with Crippen molar-refractivity contribution in [2.24, 2.45) is 0 Å². The number of carbonyl (C=O) groups excluding carboxylic acids is 1. The van der Waals surface area contributed by atoms with Gasteiger partial charge in [-0.3, -0.25) is 4.79 Å². The second-order valence-electron chi connectivity index (χ2n) is 8.61. The molecule has 2 heteroatoms. The number of ketones is 1. The van der Waals surface area contributed by atoms with Crippen molar-refractivity contribution in [3.8, 4) is 0 Å². The lowest BCUT2D eigenvalue weighted by atomic mass is 9.86. The summed E-state index contributed by atoms with van der Waals surface area (Å²) >= 11 is 0. The lowest BCUT2D eigenvalue weighted by Gasteiger charge is -2.21. The van der Waals surface area contributed by atoms with Crippen molar-refractivity contribution in [3.05, 3.63) is 101 Å². The van der Waals surface area contributed by atoms with Crippen LogP contribution in [0.15, 0.2) is 78.9 Å². The number of hydrogen-bond acceptors (Lipinski definition) is 2. The minimum absolute atomic E-state index is 0.0709. The molecule has 3 aromatic carbocycles. The summed E-state index contributed by atoms with van der Waals surface area (Å²) in [5, 5.41) is 3.56. The van der Waals surface area contributed by atoms with Gasteiger partial charge in [-0.05, 0) is 40.7 Å². The number of Topliss-reactive ketones (excluding diaryl/α,β-unsaturated/α-hetero) is 1. The van der Waals surface area contributed by atoms with Gasteiger partial charge in [-0.2, -0.15) is 0 Å². The fraction of sp³-hybridized carbons (Fsp3) is 0.296. The van der Waals surface area contributed by atoms with Gasteiger partial charge in [-0.15, -0.1) is 0 Å². The molecule has 0 amide bonds. The van der Waals surface area contributed by atoms with Crippen LogP contribution in [0, 0.1) is 0 Å². The third kappa shape index (κ3) is 5.57. The Hall–Kier alpha value is -2.87. The molecule has 0 bridgehead atoms. The molecule has 0 radical (unpaired) electrons. The third-order valence-corrected chi connectivity index (χ3v) is 5.37. The van der Waals surface area contributed by atoms with Crippen molar-refractivity contribution in [3.63, 3.8) is 0 Å². The Kier molecular flexibility index (Phi) is 6.53. The van der Waals surface area contributed by atoms with Crippen molar-refractivity contribution in [1.29, 1.82) is 0 Å². The van der Waals surface area contributed by atoms with E-state index in [-0.39, 0.29) is 17.2 Å². The molecule has 1 N–H and O–H groups in total. The lowest BCUT2D eigenvalue weighted by Crippen LogP contribution is -2.16. The van der Waals surface area contributed by atoms with Crippen LogP contribution in [0.3, 0.4) is 0 Å². The summed E-state index contributed by atoms with van der Waals surface area (Å²) in [6.07, 6.45) is 1.43. The summed E-state index contributed by atoms with van der Waals surface area (Å²) in [5.41, 5.74) is 5.55. The van der Waals surface area contributed by atoms with Crippen LogP contribution in [0.25, 0.3) is 0 Å². The van der Waals surface area contributed by atoms with E-state index in [1.165, 1.54) is 11.1 Å². The molecular weight excluding hydrogens is 354 g/mol. The van der Waals surface area contributed by atoms with Crippen LogP contribution in [-0.2, 0) is 11.8 Å². The molecular formula is C27H31NO. The number of hydrogen-bond donors (Lipinski definition) is 1. The minimum Gasteiger partial charge on any atom is -0.378 e. The average molecular weight is 386 g/mol. The van der Waals surface area contributed by atoms with Crippen molar-refractivity contribution < 1.29 is 4.79 Å². The second kappa shape index (κ2) is 9.09. The maximum atomic E-state index is 13.0. The molecule has 0 heterocycles. The van der Waals surface area contributed by atoms with E-state index in [1.807, 2.05) is 30.3 Å². The molecule has 0 aliphatic carbocycles. The van der Waals surface area contributed by atoms with E-state index in [9.17, 15) is 4.79 Å². The Morgan fingerprint density at radius 2 is 1.48 bits per heavy atom. The number of nitrogens with one attached hydrogen (secondary N) is 1. The Morgan fingerprint density at radius 1 is 0.862 bits per heavy atom. The summed E-state index contributed by atoms with van der Waals surface area (Å²) < 4.78 is 0. The first-order chi connectivity index (χ1) is 13.9. The first kappa shape index (κ1) is 20.9. The van der Waals surface area contributed by atoms with E-state index in [4.69, 9.17) is 0 Å². The molecule has 0 saturated carbocycles. The van der Waals surface area contributed by atoms with Gasteiger partial charge in [0.2, 0.25) is 0 Å². The maximum absolute atomic E-state index is 13.0. The van der Waals surface area contributed by atoms with Gasteiger partial charge in [0.05, 0.1) is 6.04 Å². The van der Waals surface area contributed by atoms with E-state index in [2.05, 4.69) is 81.5 Å². The fourth-order valence-corrected chi connectivity index (χ4v) is 3.43. The fourth-order valence-electron chi connectivity index (χ4n) is 3.43. The molecule has 2 nitrogen and oxygen atoms in total. The summed E-state index contributed by atoms with van der Waals surface area (Å²) in [7, 11) is 0. The van der Waals surface area contributed by atoms with Crippen LogP contribution in [0.5, 0.6) is 0 Å². The van der Waals surface area contributed by atoms with Gasteiger partial charge in [-0.25, -0.2) is 0 Å². The van der Waals surface area contributed by atoms with Gasteiger partial charge in [0.25, 0.3) is 0 Å². The predicted molar refractivity (Wildman–Crippen MR) is 123 cm³/mol. The minimum atomic E-state index is -0.0709. The van der Waals surface area contributed by atoms with Gasteiger partial charge < -0.3 is 5.32 Å². The molecule has 0 saturated heterocycles. The third-order valence-electron chi connectivity index (χ3n) is 5.37. The summed E-state index contributed by atoms with van der Waals surface area (Å²) in [5.74, 6) is 0.150. The predicted octanol–water partition coefficient (Wildman–Crippen LogP) is 6.97. The summed E-state index contributed by atoms with van der Waals surface area (Å²) in [6.45, 7) is 8.70. The number of aryl methyl sites for hydroxylation is 1. The molecule has 0 fully saturated rings. The molecule has 29 heavy (non-hydrogen) atoms. The second-order valence-corrected chi connectivity index (χ2v) is 8.61. The molecule has 3 aromatic rings. The topological polar surface area (TPSA) is 29.1 Å². The van der Waals surface area contributed by atoms with E-state index >= 15 is 0 Å². The summed E-state index contributed by atoms with van der Waals surface area (Å²) in [6, 6.07) is 26.7. The Bertz CT molecular complexity index is 919. The monoisotopic (exact) mass is 385 g/mol. The van der Waals surface area contributed by atoms with Crippen LogP contribution in [0.1, 0.15) is 67.2 Å². The first-order valence-electron chi connectivity index (χ1n) is 10.4. The highest BCUT2D eigenvalue weighted by molar-refractivity contribution is 5.96. The van der Waals surface area contributed by atoms with Crippen LogP contribution >= 0.6 is 0 Å². The van der Waals surface area contributed by atoms with Gasteiger partial charge >= 0.3 is 0 Å². The summed E-state index contributed by atoms with van der Waals surface area (Å²) in [4.78, 5) is 13.0. The SMILES string of the molecule is CCc1ccc(N[C@@H](CC(=O)c2ccc(C(C)(C)C)cc2)c2ccccc2)cc1. The van der Waals surface area contributed by atoms with Crippen molar-refractivity contribution in [1.82, 2.24) is 0 Å². The van der Waals surface area contributed by atoms with Crippen molar-refractivity contribution in [2.45, 2.75) is 52.0 Å². The van der Waals surface area contributed by atoms with Gasteiger partial charge in [0.15, 0.2) is 5.78 Å². The average Bonchev–Trinajstić information content (AvgIpc) is 2.74. The Labute approximate surface area is 175 Å². The highest BCUT2D eigenvalue weighted by Crippen LogP contribution is 2.26. The van der Waals surface area contributed by atoms with E-state index in [0.29, 0.717) is 6.42 Å². The zero-order valence-corrected chi connectivity index (χ0v) is 17.9. The number of rotatable bonds is 7. The zero-order chi connectivity index (χ0) is 20.9. The van der Waals surface area contributed by atoms with Crippen LogP contribution in [-0.4, -0.2) is 5.78 Å². The van der Waals surface area contributed by atoms with Gasteiger partial charge in [-0.1, -0.05) is 94.4 Å². The Balaban J connectivity index is 1.80. The smallest absolute Gasteiger partial charge is 0.165 e. The van der Waals surface area contributed by atoms with E-state index < -0.39 is 0 Å². The normalized spacial score (nSPS) is 12.4. The Morgan fingerprint density at radius 3 is 2.03 bits per heavy atom. The maximum Gasteiger partial charge on any atom is 0.165 e. The molecule has 150 valence electrons. The van der Waals surface area contributed by atoms with Crippen LogP contribution in [0.4, 0.5) is 5.69 Å². The van der Waals surface area contributed by atoms with Crippen LogP contribution in [0.2, 0.25) is 0 Å². The number of carbonyl (C=O) groups is 1. The standard InChI is InChI=1S/C27H31NO/c1-5-20-11-17-24(18-12-20)28-25(21-9-7-6-8-10-21)19-26(29)22-13-15-23(16-14-22)27(2,3)4/h6-18,25,28H,5,19H2,1-4H3/t25-/m0/s1. The van der Waals surface area contributed by atoms with Crippen LogP contribution < -0.4 is 5.32 Å². The molecule has 0 aromatic heterocycles. The first-order valence-corrected chi connectivity index (χ1v) is 10.4. The number of benzene rings is 3. The van der Waals surface area contributed by atoms with E-state index in [1.54, 1.807) is 0 Å². The molecule has 3 rings (SSSR count). The molecule has 0 aliphatic heterocycles. The molecule has 0 aliphatic rings. The zero-order valence-electron chi connectivity index (χ0n) is 17.9. The number of anilines is 1. The van der Waals surface area contributed by atoms with Gasteiger partial charge in [0.1, 0.15) is 0 Å². The molecule has 0 spiro atoms. The van der Waals surface area contributed by atoms with Crippen molar-refractivity contribution >= 4 is 11.5 Å².